The van der Waals surface area contributed by atoms with Crippen LogP contribution in [0, 0.1) is 0 Å². The van der Waals surface area contributed by atoms with Crippen LogP contribution in [-0.2, 0) is 11.2 Å². The Kier molecular flexibility index (Phi) is 5.54. The van der Waals surface area contributed by atoms with E-state index in [2.05, 4.69) is 28.1 Å². The molecule has 5 nitrogen and oxygen atoms in total. The lowest BCUT2D eigenvalue weighted by Crippen LogP contribution is -2.53. The Morgan fingerprint density at radius 1 is 1.29 bits per heavy atom. The third-order valence-electron chi connectivity index (χ3n) is 5.43. The van der Waals surface area contributed by atoms with E-state index in [1.807, 2.05) is 25.1 Å². The molecule has 3 rings (SSSR count). The fourth-order valence-electron chi connectivity index (χ4n) is 3.76. The minimum Gasteiger partial charge on any atom is -0.387 e. The second-order valence-corrected chi connectivity index (χ2v) is 7.10. The fraction of sp³-hybridized carbons (Fsp3) is 0.632. The molecule has 0 radical (unpaired) electrons. The van der Waals surface area contributed by atoms with Gasteiger partial charge in [0.25, 0.3) is 0 Å². The van der Waals surface area contributed by atoms with Gasteiger partial charge in [-0.1, -0.05) is 31.2 Å². The number of fused-ring (bicyclic) bond motifs is 1. The molecule has 1 aliphatic heterocycles. The van der Waals surface area contributed by atoms with Crippen LogP contribution in [-0.4, -0.2) is 65.6 Å². The van der Waals surface area contributed by atoms with Crippen molar-refractivity contribution in [1.29, 1.82) is 0 Å². The van der Waals surface area contributed by atoms with Crippen LogP contribution in [0.1, 0.15) is 37.5 Å². The summed E-state index contributed by atoms with van der Waals surface area (Å²) in [7, 11) is 0. The largest absolute Gasteiger partial charge is 0.387 e. The van der Waals surface area contributed by atoms with Crippen molar-refractivity contribution in [3.05, 3.63) is 35.4 Å². The highest BCUT2D eigenvalue weighted by Gasteiger charge is 2.36. The van der Waals surface area contributed by atoms with E-state index < -0.39 is 0 Å². The number of carbonyl (C=O) groups is 1. The van der Waals surface area contributed by atoms with Crippen molar-refractivity contribution in [3.63, 3.8) is 0 Å². The van der Waals surface area contributed by atoms with Crippen molar-refractivity contribution in [3.8, 4) is 0 Å². The minimum absolute atomic E-state index is 0.117. The highest BCUT2D eigenvalue weighted by Crippen LogP contribution is 2.34. The second kappa shape index (κ2) is 7.64. The predicted molar refractivity (Wildman–Crippen MR) is 94.8 cm³/mol. The van der Waals surface area contributed by atoms with Crippen molar-refractivity contribution in [2.45, 2.75) is 44.9 Å². The Morgan fingerprint density at radius 2 is 2.00 bits per heavy atom. The SMILES string of the molecule is CCC(C)NC(=O)CN1CCN(C2Cc3ccccc3C2O)CC1. The first-order valence-corrected chi connectivity index (χ1v) is 9.10. The van der Waals surface area contributed by atoms with Crippen molar-refractivity contribution < 1.29 is 9.90 Å². The fourth-order valence-corrected chi connectivity index (χ4v) is 3.76. The summed E-state index contributed by atoms with van der Waals surface area (Å²) in [4.78, 5) is 16.6. The van der Waals surface area contributed by atoms with E-state index in [1.165, 1.54) is 5.56 Å². The molecule has 3 unspecified atom stereocenters. The molecule has 1 saturated heterocycles. The molecule has 2 aliphatic rings. The minimum atomic E-state index is -0.388. The number of carbonyl (C=O) groups excluding carboxylic acids is 1. The van der Waals surface area contributed by atoms with Gasteiger partial charge in [0.1, 0.15) is 0 Å². The first kappa shape index (κ1) is 17.4. The molecule has 0 aromatic heterocycles. The maximum absolute atomic E-state index is 12.0. The Morgan fingerprint density at radius 3 is 2.67 bits per heavy atom. The first-order chi connectivity index (χ1) is 11.6. The molecule has 24 heavy (non-hydrogen) atoms. The zero-order valence-corrected chi connectivity index (χ0v) is 14.7. The van der Waals surface area contributed by atoms with E-state index in [0.29, 0.717) is 6.54 Å². The average Bonchev–Trinajstić information content (AvgIpc) is 2.92. The molecule has 5 heteroatoms. The van der Waals surface area contributed by atoms with Crippen LogP contribution < -0.4 is 5.32 Å². The van der Waals surface area contributed by atoms with Crippen LogP contribution in [0.15, 0.2) is 24.3 Å². The lowest BCUT2D eigenvalue weighted by molar-refractivity contribution is -0.123. The third-order valence-corrected chi connectivity index (χ3v) is 5.43. The van der Waals surface area contributed by atoms with E-state index in [-0.39, 0.29) is 24.1 Å². The van der Waals surface area contributed by atoms with E-state index in [0.717, 1.165) is 44.6 Å². The van der Waals surface area contributed by atoms with Crippen LogP contribution in [0.5, 0.6) is 0 Å². The molecule has 1 fully saturated rings. The second-order valence-electron chi connectivity index (χ2n) is 7.10. The number of rotatable bonds is 5. The molecular weight excluding hydrogens is 302 g/mol. The number of aliphatic hydroxyl groups excluding tert-OH is 1. The van der Waals surface area contributed by atoms with E-state index >= 15 is 0 Å². The molecule has 132 valence electrons. The lowest BCUT2D eigenvalue weighted by atomic mass is 10.1. The molecule has 0 spiro atoms. The third kappa shape index (κ3) is 3.79. The monoisotopic (exact) mass is 331 g/mol. The molecule has 1 aliphatic carbocycles. The highest BCUT2D eigenvalue weighted by atomic mass is 16.3. The van der Waals surface area contributed by atoms with Gasteiger partial charge >= 0.3 is 0 Å². The van der Waals surface area contributed by atoms with Crippen molar-refractivity contribution in [2.24, 2.45) is 0 Å². The van der Waals surface area contributed by atoms with Crippen molar-refractivity contribution >= 4 is 5.91 Å². The number of hydrogen-bond donors (Lipinski definition) is 2. The van der Waals surface area contributed by atoms with Crippen LogP contribution in [0.2, 0.25) is 0 Å². The smallest absolute Gasteiger partial charge is 0.234 e. The van der Waals surface area contributed by atoms with Gasteiger partial charge in [0, 0.05) is 38.3 Å². The zero-order chi connectivity index (χ0) is 17.1. The summed E-state index contributed by atoms with van der Waals surface area (Å²) in [5.74, 6) is 0.117. The topological polar surface area (TPSA) is 55.8 Å². The average molecular weight is 331 g/mol. The molecule has 1 aromatic carbocycles. The Labute approximate surface area is 144 Å². The number of amides is 1. The van der Waals surface area contributed by atoms with Gasteiger partial charge < -0.3 is 10.4 Å². The van der Waals surface area contributed by atoms with Gasteiger partial charge in [-0.15, -0.1) is 0 Å². The van der Waals surface area contributed by atoms with Gasteiger partial charge in [-0.3, -0.25) is 14.6 Å². The maximum Gasteiger partial charge on any atom is 0.234 e. The number of aliphatic hydroxyl groups is 1. The first-order valence-electron chi connectivity index (χ1n) is 9.10. The van der Waals surface area contributed by atoms with Crippen molar-refractivity contribution in [1.82, 2.24) is 15.1 Å². The normalized spacial score (nSPS) is 26.1. The summed E-state index contributed by atoms with van der Waals surface area (Å²) in [5.41, 5.74) is 2.35. The van der Waals surface area contributed by atoms with Gasteiger partial charge in [-0.05, 0) is 30.9 Å². The summed E-state index contributed by atoms with van der Waals surface area (Å²) in [5, 5.41) is 13.6. The maximum atomic E-state index is 12.0. The van der Waals surface area contributed by atoms with Crippen LogP contribution in [0.25, 0.3) is 0 Å². The van der Waals surface area contributed by atoms with Gasteiger partial charge in [-0.25, -0.2) is 0 Å². The summed E-state index contributed by atoms with van der Waals surface area (Å²) in [6.45, 7) is 8.18. The van der Waals surface area contributed by atoms with Gasteiger partial charge in [0.2, 0.25) is 5.91 Å². The van der Waals surface area contributed by atoms with Gasteiger partial charge in [-0.2, -0.15) is 0 Å². The quantitative estimate of drug-likeness (QED) is 0.851. The molecule has 0 saturated carbocycles. The van der Waals surface area contributed by atoms with E-state index in [9.17, 15) is 9.90 Å². The van der Waals surface area contributed by atoms with Gasteiger partial charge in [0.05, 0.1) is 12.6 Å². The summed E-state index contributed by atoms with van der Waals surface area (Å²) >= 11 is 0. The molecule has 3 atom stereocenters. The standard InChI is InChI=1S/C19H29N3O2/c1-3-14(2)20-18(23)13-21-8-10-22(11-9-21)17-12-15-6-4-5-7-16(15)19(17)24/h4-7,14,17,19,24H,3,8-13H2,1-2H3,(H,20,23). The lowest BCUT2D eigenvalue weighted by Gasteiger charge is -2.39. The number of benzene rings is 1. The van der Waals surface area contributed by atoms with E-state index in [4.69, 9.17) is 0 Å². The predicted octanol–water partition coefficient (Wildman–Crippen LogP) is 1.18. The summed E-state index contributed by atoms with van der Waals surface area (Å²) < 4.78 is 0. The Bertz CT molecular complexity index is 569. The van der Waals surface area contributed by atoms with E-state index in [1.54, 1.807) is 0 Å². The van der Waals surface area contributed by atoms with Crippen LogP contribution in [0.3, 0.4) is 0 Å². The molecule has 1 heterocycles. The molecule has 2 N–H and O–H groups in total. The van der Waals surface area contributed by atoms with Gasteiger partial charge in [0.15, 0.2) is 0 Å². The summed E-state index contributed by atoms with van der Waals surface area (Å²) in [6, 6.07) is 8.62. The van der Waals surface area contributed by atoms with Crippen LogP contribution >= 0.6 is 0 Å². The molecule has 1 amide bonds. The molecular formula is C19H29N3O2. The van der Waals surface area contributed by atoms with Crippen molar-refractivity contribution in [2.75, 3.05) is 32.7 Å². The Hall–Kier alpha value is -1.43. The highest BCUT2D eigenvalue weighted by molar-refractivity contribution is 5.78. The number of nitrogens with one attached hydrogen (secondary N) is 1. The number of nitrogens with zero attached hydrogens (tertiary/aromatic N) is 2. The zero-order valence-electron chi connectivity index (χ0n) is 14.7. The summed E-state index contributed by atoms with van der Waals surface area (Å²) in [6.07, 6.45) is 1.49. The molecule has 1 aromatic rings. The molecule has 0 bridgehead atoms. The van der Waals surface area contributed by atoms with Crippen LogP contribution in [0.4, 0.5) is 0 Å². The number of piperazine rings is 1. The number of hydrogen-bond acceptors (Lipinski definition) is 4. The Balaban J connectivity index is 1.49.